The zero-order chi connectivity index (χ0) is 19.2. The summed E-state index contributed by atoms with van der Waals surface area (Å²) >= 11 is 0. The molecule has 27 heavy (non-hydrogen) atoms. The Kier molecular flexibility index (Phi) is 6.06. The van der Waals surface area contributed by atoms with Gasteiger partial charge in [-0.1, -0.05) is 18.2 Å². The Bertz CT molecular complexity index is 797. The zero-order valence-electron chi connectivity index (χ0n) is 15.8. The van der Waals surface area contributed by atoms with E-state index < -0.39 is 0 Å². The second kappa shape index (κ2) is 8.66. The molecule has 1 aliphatic heterocycles. The van der Waals surface area contributed by atoms with Crippen LogP contribution in [0.25, 0.3) is 0 Å². The van der Waals surface area contributed by atoms with E-state index >= 15 is 0 Å². The minimum Gasteiger partial charge on any atom is -0.496 e. The molecule has 0 aliphatic carbocycles. The number of aryl methyl sites for hydroxylation is 1. The van der Waals surface area contributed by atoms with Crippen molar-refractivity contribution in [2.75, 3.05) is 20.2 Å². The highest BCUT2D eigenvalue weighted by Crippen LogP contribution is 2.20. The summed E-state index contributed by atoms with van der Waals surface area (Å²) in [6.45, 7) is 3.18. The number of carbonyl (C=O) groups is 2. The number of aromatic nitrogens is 1. The van der Waals surface area contributed by atoms with Gasteiger partial charge in [-0.15, -0.1) is 0 Å². The van der Waals surface area contributed by atoms with Gasteiger partial charge in [0.25, 0.3) is 5.91 Å². The van der Waals surface area contributed by atoms with E-state index in [1.807, 2.05) is 42.2 Å². The molecule has 2 heterocycles. The molecule has 0 atom stereocenters. The molecule has 0 bridgehead atoms. The van der Waals surface area contributed by atoms with Gasteiger partial charge in [-0.2, -0.15) is 0 Å². The molecule has 1 fully saturated rings. The lowest BCUT2D eigenvalue weighted by molar-refractivity contribution is -0.131. The number of para-hydroxylation sites is 1. The molecule has 1 aromatic heterocycles. The predicted octanol–water partition coefficient (Wildman–Crippen LogP) is 2.36. The first-order valence-corrected chi connectivity index (χ1v) is 9.20. The molecule has 2 aromatic rings. The van der Waals surface area contributed by atoms with E-state index in [0.717, 1.165) is 29.8 Å². The lowest BCUT2D eigenvalue weighted by Crippen LogP contribution is -2.47. The molecule has 142 valence electrons. The molecular weight excluding hydrogens is 342 g/mol. The standard InChI is InChI=1S/C21H25N3O3/c1-15-7-8-17(14-22-15)21(26)23-18-9-11-24(12-10-18)20(25)13-16-5-3-4-6-19(16)27-2/h3-8,14,18H,9-13H2,1-2H3,(H,23,26). The molecule has 6 heteroatoms. The molecule has 1 saturated heterocycles. The normalized spacial score (nSPS) is 14.7. The molecule has 1 N–H and O–H groups in total. The van der Waals surface area contributed by atoms with Crippen LogP contribution in [0.15, 0.2) is 42.6 Å². The number of benzene rings is 1. The van der Waals surface area contributed by atoms with Crippen LogP contribution < -0.4 is 10.1 Å². The molecular formula is C21H25N3O3. The number of nitrogens with zero attached hydrogens (tertiary/aromatic N) is 2. The predicted molar refractivity (Wildman–Crippen MR) is 103 cm³/mol. The highest BCUT2D eigenvalue weighted by atomic mass is 16.5. The van der Waals surface area contributed by atoms with Crippen LogP contribution in [0, 0.1) is 6.92 Å². The monoisotopic (exact) mass is 367 g/mol. The van der Waals surface area contributed by atoms with Crippen LogP contribution in [0.5, 0.6) is 5.75 Å². The Morgan fingerprint density at radius 2 is 1.93 bits per heavy atom. The number of nitrogens with one attached hydrogen (secondary N) is 1. The van der Waals surface area contributed by atoms with E-state index in [2.05, 4.69) is 10.3 Å². The van der Waals surface area contributed by atoms with E-state index in [9.17, 15) is 9.59 Å². The molecule has 1 aromatic carbocycles. The summed E-state index contributed by atoms with van der Waals surface area (Å²) in [4.78, 5) is 30.9. The third-order valence-electron chi connectivity index (χ3n) is 4.89. The largest absolute Gasteiger partial charge is 0.496 e. The quantitative estimate of drug-likeness (QED) is 0.881. The number of rotatable bonds is 5. The zero-order valence-corrected chi connectivity index (χ0v) is 15.8. The van der Waals surface area contributed by atoms with Crippen molar-refractivity contribution in [3.05, 3.63) is 59.4 Å². The fourth-order valence-corrected chi connectivity index (χ4v) is 3.27. The summed E-state index contributed by atoms with van der Waals surface area (Å²) in [5.41, 5.74) is 2.34. The Morgan fingerprint density at radius 1 is 1.19 bits per heavy atom. The number of amides is 2. The van der Waals surface area contributed by atoms with Crippen LogP contribution in [0.2, 0.25) is 0 Å². The van der Waals surface area contributed by atoms with E-state index in [4.69, 9.17) is 4.74 Å². The number of carbonyl (C=O) groups excluding carboxylic acids is 2. The average Bonchev–Trinajstić information content (AvgIpc) is 2.69. The van der Waals surface area contributed by atoms with Crippen LogP contribution >= 0.6 is 0 Å². The molecule has 0 unspecified atom stereocenters. The summed E-state index contributed by atoms with van der Waals surface area (Å²) in [5, 5.41) is 3.05. The fraction of sp³-hybridized carbons (Fsp3) is 0.381. The van der Waals surface area contributed by atoms with Crippen LogP contribution in [0.1, 0.15) is 34.5 Å². The Hall–Kier alpha value is -2.89. The number of methoxy groups -OCH3 is 1. The first-order valence-electron chi connectivity index (χ1n) is 9.20. The molecule has 1 aliphatic rings. The average molecular weight is 367 g/mol. The first kappa shape index (κ1) is 18.9. The van der Waals surface area contributed by atoms with E-state index in [1.165, 1.54) is 0 Å². The van der Waals surface area contributed by atoms with Crippen molar-refractivity contribution in [1.29, 1.82) is 0 Å². The Morgan fingerprint density at radius 3 is 2.59 bits per heavy atom. The van der Waals surface area contributed by atoms with Gasteiger partial charge in [-0.3, -0.25) is 14.6 Å². The number of pyridine rings is 1. The van der Waals surface area contributed by atoms with Crippen molar-refractivity contribution in [2.45, 2.75) is 32.2 Å². The van der Waals surface area contributed by atoms with Gasteiger partial charge in [0, 0.05) is 36.6 Å². The fourth-order valence-electron chi connectivity index (χ4n) is 3.27. The number of hydrogen-bond acceptors (Lipinski definition) is 4. The number of piperidine rings is 1. The Labute approximate surface area is 159 Å². The maximum atomic E-state index is 12.6. The lowest BCUT2D eigenvalue weighted by atomic mass is 10.0. The maximum absolute atomic E-state index is 12.6. The maximum Gasteiger partial charge on any atom is 0.253 e. The van der Waals surface area contributed by atoms with Gasteiger partial charge in [0.15, 0.2) is 0 Å². The molecule has 0 radical (unpaired) electrons. The number of ether oxygens (including phenoxy) is 1. The number of likely N-dealkylation sites (tertiary alicyclic amines) is 1. The highest BCUT2D eigenvalue weighted by molar-refractivity contribution is 5.94. The van der Waals surface area contributed by atoms with Crippen molar-refractivity contribution < 1.29 is 14.3 Å². The van der Waals surface area contributed by atoms with Gasteiger partial charge in [0.1, 0.15) is 5.75 Å². The van der Waals surface area contributed by atoms with Crippen molar-refractivity contribution >= 4 is 11.8 Å². The molecule has 0 spiro atoms. The van der Waals surface area contributed by atoms with Gasteiger partial charge in [-0.05, 0) is 38.0 Å². The van der Waals surface area contributed by atoms with Crippen molar-refractivity contribution in [2.24, 2.45) is 0 Å². The van der Waals surface area contributed by atoms with Gasteiger partial charge in [0.2, 0.25) is 5.91 Å². The van der Waals surface area contributed by atoms with Crippen molar-refractivity contribution in [1.82, 2.24) is 15.2 Å². The third kappa shape index (κ3) is 4.84. The SMILES string of the molecule is COc1ccccc1CC(=O)N1CCC(NC(=O)c2ccc(C)nc2)CC1. The summed E-state index contributed by atoms with van der Waals surface area (Å²) in [6.07, 6.45) is 3.43. The van der Waals surface area contributed by atoms with Gasteiger partial charge >= 0.3 is 0 Å². The molecule has 6 nitrogen and oxygen atoms in total. The Balaban J connectivity index is 1.50. The lowest BCUT2D eigenvalue weighted by Gasteiger charge is -2.32. The summed E-state index contributed by atoms with van der Waals surface area (Å²) in [7, 11) is 1.61. The van der Waals surface area contributed by atoms with Crippen LogP contribution in [-0.2, 0) is 11.2 Å². The van der Waals surface area contributed by atoms with Crippen LogP contribution in [-0.4, -0.2) is 47.9 Å². The summed E-state index contributed by atoms with van der Waals surface area (Å²) < 4.78 is 5.32. The molecule has 3 rings (SSSR count). The summed E-state index contributed by atoms with van der Waals surface area (Å²) in [5.74, 6) is 0.716. The molecule has 0 saturated carbocycles. The van der Waals surface area contributed by atoms with Gasteiger partial charge in [0.05, 0.1) is 19.1 Å². The highest BCUT2D eigenvalue weighted by Gasteiger charge is 2.24. The smallest absolute Gasteiger partial charge is 0.253 e. The van der Waals surface area contributed by atoms with Gasteiger partial charge in [-0.25, -0.2) is 0 Å². The van der Waals surface area contributed by atoms with E-state index in [-0.39, 0.29) is 17.9 Å². The van der Waals surface area contributed by atoms with E-state index in [1.54, 1.807) is 19.4 Å². The van der Waals surface area contributed by atoms with E-state index in [0.29, 0.717) is 25.1 Å². The summed E-state index contributed by atoms with van der Waals surface area (Å²) in [6, 6.07) is 11.3. The van der Waals surface area contributed by atoms with Crippen molar-refractivity contribution in [3.63, 3.8) is 0 Å². The second-order valence-corrected chi connectivity index (χ2v) is 6.81. The number of hydrogen-bond donors (Lipinski definition) is 1. The van der Waals surface area contributed by atoms with Crippen LogP contribution in [0.4, 0.5) is 0 Å². The topological polar surface area (TPSA) is 71.5 Å². The minimum absolute atomic E-state index is 0.0779. The third-order valence-corrected chi connectivity index (χ3v) is 4.89. The van der Waals surface area contributed by atoms with Crippen molar-refractivity contribution in [3.8, 4) is 5.75 Å². The second-order valence-electron chi connectivity index (χ2n) is 6.81. The van der Waals surface area contributed by atoms with Crippen LogP contribution in [0.3, 0.4) is 0 Å². The minimum atomic E-state index is -0.110. The van der Waals surface area contributed by atoms with Gasteiger partial charge < -0.3 is 15.0 Å². The first-order chi connectivity index (χ1) is 13.1. The molecule has 2 amide bonds.